The van der Waals surface area contributed by atoms with E-state index < -0.39 is 18.7 Å². The molecule has 2 bridgehead atoms. The largest absolute Gasteiger partial charge is 0.439 e. The molecule has 3 aliphatic heterocycles. The minimum Gasteiger partial charge on any atom is -0.439 e. The lowest BCUT2D eigenvalue weighted by Gasteiger charge is -2.42. The molecule has 0 aliphatic carbocycles. The number of hydrogen-bond donors (Lipinski definition) is 2. The molecule has 7 rings (SSSR count). The lowest BCUT2D eigenvalue weighted by molar-refractivity contribution is 0.135. The normalized spacial score (nSPS) is 20.9. The van der Waals surface area contributed by atoms with Crippen LogP contribution in [-0.2, 0) is 18.0 Å². The van der Waals surface area contributed by atoms with Gasteiger partial charge in [-0.25, -0.2) is 18.7 Å². The predicted molar refractivity (Wildman–Crippen MR) is 137 cm³/mol. The van der Waals surface area contributed by atoms with Crippen molar-refractivity contribution in [2.75, 3.05) is 23.7 Å². The molecule has 2 aromatic carbocycles. The average Bonchev–Trinajstić information content (AvgIpc) is 3.58. The molecule has 9 nitrogen and oxygen atoms in total. The molecule has 5 heterocycles. The fraction of sp³-hybridized carbons (Fsp3) is 0.346. The van der Waals surface area contributed by atoms with Crippen LogP contribution in [0.1, 0.15) is 29.5 Å². The van der Waals surface area contributed by atoms with E-state index in [1.807, 2.05) is 10.9 Å². The van der Waals surface area contributed by atoms with E-state index in [1.54, 1.807) is 6.82 Å². The topological polar surface area (TPSA) is 125 Å². The van der Waals surface area contributed by atoms with E-state index in [1.165, 1.54) is 18.5 Å². The smallest absolute Gasteiger partial charge is 0.376 e. The number of furan rings is 1. The number of nitrogens with zero attached hydrogens (tertiary/aromatic N) is 5. The summed E-state index contributed by atoms with van der Waals surface area (Å²) in [5.41, 5.74) is 7.21. The quantitative estimate of drug-likeness (QED) is 0.393. The summed E-state index contributed by atoms with van der Waals surface area (Å²) in [4.78, 5) is 13.2. The van der Waals surface area contributed by atoms with Gasteiger partial charge < -0.3 is 29.6 Å². The second-order valence-electron chi connectivity index (χ2n) is 10.2. The molecular formula is C26H23BF2N6O3. The number of fused-ring (bicyclic) bond motifs is 6. The third-order valence-corrected chi connectivity index (χ3v) is 8.19. The van der Waals surface area contributed by atoms with E-state index in [-0.39, 0.29) is 64.4 Å². The van der Waals surface area contributed by atoms with Crippen molar-refractivity contribution in [2.24, 2.45) is 0 Å². The summed E-state index contributed by atoms with van der Waals surface area (Å²) in [6, 6.07) is 4.75. The summed E-state index contributed by atoms with van der Waals surface area (Å²) < 4.78 is 43.4. The molecule has 0 radical (unpaired) electrons. The van der Waals surface area contributed by atoms with Gasteiger partial charge in [-0.15, -0.1) is 0 Å². The van der Waals surface area contributed by atoms with Gasteiger partial charge in [0, 0.05) is 36.3 Å². The number of halogens is 2. The second-order valence-corrected chi connectivity index (χ2v) is 10.2. The molecule has 2 saturated heterocycles. The Bertz CT molecular complexity index is 1670. The van der Waals surface area contributed by atoms with Crippen LogP contribution in [0.3, 0.4) is 0 Å². The molecule has 192 valence electrons. The highest BCUT2D eigenvalue weighted by atomic mass is 19.1. The van der Waals surface area contributed by atoms with Crippen molar-refractivity contribution in [3.05, 3.63) is 46.8 Å². The Balaban J connectivity index is 1.49. The van der Waals surface area contributed by atoms with Crippen molar-refractivity contribution < 1.29 is 23.0 Å². The molecule has 2 aromatic heterocycles. The van der Waals surface area contributed by atoms with Crippen LogP contribution >= 0.6 is 0 Å². The van der Waals surface area contributed by atoms with Gasteiger partial charge in [0.25, 0.3) is 0 Å². The fourth-order valence-corrected chi connectivity index (χ4v) is 6.53. The Morgan fingerprint density at radius 2 is 1.84 bits per heavy atom. The first kappa shape index (κ1) is 23.3. The predicted octanol–water partition coefficient (Wildman–Crippen LogP) is 3.57. The van der Waals surface area contributed by atoms with E-state index >= 15 is 8.78 Å². The third kappa shape index (κ3) is 3.13. The van der Waals surface area contributed by atoms with Crippen LogP contribution < -0.4 is 10.6 Å². The molecular weight excluding hydrogens is 493 g/mol. The van der Waals surface area contributed by atoms with Gasteiger partial charge in [-0.2, -0.15) is 5.26 Å². The first-order chi connectivity index (χ1) is 18.4. The molecule has 2 unspecified atom stereocenters. The van der Waals surface area contributed by atoms with Crippen LogP contribution in [0.4, 0.5) is 20.5 Å². The zero-order chi connectivity index (χ0) is 26.3. The van der Waals surface area contributed by atoms with Gasteiger partial charge in [-0.3, -0.25) is 0 Å². The van der Waals surface area contributed by atoms with Gasteiger partial charge in [0.05, 0.1) is 24.0 Å². The average molecular weight is 516 g/mol. The van der Waals surface area contributed by atoms with Gasteiger partial charge in [0.15, 0.2) is 5.82 Å². The number of nitrogen functional groups attached to an aromatic ring is 1. The molecule has 0 amide bonds. The molecule has 38 heavy (non-hydrogen) atoms. The highest BCUT2D eigenvalue weighted by molar-refractivity contribution is 6.45. The molecule has 4 aromatic rings. The van der Waals surface area contributed by atoms with Gasteiger partial charge in [0.2, 0.25) is 5.88 Å². The number of nitrogens with two attached hydrogens (primary N) is 1. The Kier molecular flexibility index (Phi) is 5.13. The first-order valence-corrected chi connectivity index (χ1v) is 12.6. The van der Waals surface area contributed by atoms with Crippen molar-refractivity contribution in [3.8, 4) is 17.2 Å². The number of hydrogen-bond acceptors (Lipinski definition) is 9. The second kappa shape index (κ2) is 8.36. The number of benzene rings is 2. The lowest BCUT2D eigenvalue weighted by atomic mass is 9.83. The molecule has 12 heteroatoms. The Labute approximate surface area is 216 Å². The van der Waals surface area contributed by atoms with Crippen LogP contribution in [-0.4, -0.2) is 52.0 Å². The number of rotatable bonds is 3. The zero-order valence-electron chi connectivity index (χ0n) is 20.5. The van der Waals surface area contributed by atoms with Gasteiger partial charge in [-0.05, 0) is 42.9 Å². The monoisotopic (exact) mass is 516 g/mol. The van der Waals surface area contributed by atoms with Crippen molar-refractivity contribution in [1.82, 2.24) is 14.8 Å². The molecule has 0 saturated carbocycles. The van der Waals surface area contributed by atoms with Crippen molar-refractivity contribution in [3.63, 3.8) is 0 Å². The van der Waals surface area contributed by atoms with Crippen molar-refractivity contribution >= 4 is 40.6 Å². The van der Waals surface area contributed by atoms with Gasteiger partial charge >= 0.3 is 7.05 Å². The summed E-state index contributed by atoms with van der Waals surface area (Å²) in [5.74, 6) is -0.939. The number of nitriles is 1. The number of aromatic nitrogens is 2. The van der Waals surface area contributed by atoms with E-state index in [0.29, 0.717) is 35.4 Å². The Morgan fingerprint density at radius 3 is 2.55 bits per heavy atom. The zero-order valence-corrected chi connectivity index (χ0v) is 20.5. The summed E-state index contributed by atoms with van der Waals surface area (Å²) in [6.07, 6.45) is 3.20. The number of ether oxygens (including phenoxy) is 1. The van der Waals surface area contributed by atoms with Gasteiger partial charge in [-0.1, -0.05) is 0 Å². The Hall–Kier alpha value is -3.79. The maximum atomic E-state index is 16.6. The van der Waals surface area contributed by atoms with Crippen LogP contribution in [0.5, 0.6) is 0 Å². The minimum absolute atomic E-state index is 0.00283. The minimum atomic E-state index is -0.710. The van der Waals surface area contributed by atoms with Crippen molar-refractivity contribution in [2.45, 2.75) is 45.0 Å². The van der Waals surface area contributed by atoms with E-state index in [9.17, 15) is 10.3 Å². The SMILES string of the molecule is CB(O)N1CC2CCC(C1)N2c1ncnc2c(F)c(-c3c(F)ccc4oc(N)c(C#N)c34)c3c(c12)COC3. The summed E-state index contributed by atoms with van der Waals surface area (Å²) in [7, 11) is -0.548. The highest BCUT2D eigenvalue weighted by Crippen LogP contribution is 2.47. The maximum Gasteiger partial charge on any atom is 0.376 e. The first-order valence-electron chi connectivity index (χ1n) is 12.6. The van der Waals surface area contributed by atoms with Crippen molar-refractivity contribution in [1.29, 1.82) is 5.26 Å². The molecule has 3 aliphatic rings. The Morgan fingerprint density at radius 1 is 1.11 bits per heavy atom. The van der Waals surface area contributed by atoms with Gasteiger partial charge in [0.1, 0.15) is 40.7 Å². The van der Waals surface area contributed by atoms with Crippen LogP contribution in [0, 0.1) is 23.0 Å². The maximum absolute atomic E-state index is 16.6. The summed E-state index contributed by atoms with van der Waals surface area (Å²) in [5, 5.41) is 20.6. The number of piperazine rings is 1. The lowest BCUT2D eigenvalue weighted by Crippen LogP contribution is -2.57. The van der Waals surface area contributed by atoms with E-state index in [0.717, 1.165) is 12.8 Å². The third-order valence-electron chi connectivity index (χ3n) is 8.19. The fourth-order valence-electron chi connectivity index (χ4n) is 6.53. The standard InChI is InChI=1S/C26H23BF2N6O3/c1-27(36)34-7-12-2-3-13(8-34)35(12)26-21-16-10-37-9-15(16)20(23(29)24(21)32-11-33-26)22-17(28)4-5-18-19(22)14(6-30)25(31)38-18/h4-5,11-13,36H,2-3,7-10,31H2,1H3. The molecule has 0 spiro atoms. The summed E-state index contributed by atoms with van der Waals surface area (Å²) in [6.45, 7) is 3.37. The van der Waals surface area contributed by atoms with Crippen LogP contribution in [0.15, 0.2) is 22.9 Å². The molecule has 2 fully saturated rings. The van der Waals surface area contributed by atoms with E-state index in [4.69, 9.17) is 14.9 Å². The van der Waals surface area contributed by atoms with Crippen LogP contribution in [0.25, 0.3) is 33.0 Å². The summed E-state index contributed by atoms with van der Waals surface area (Å²) >= 11 is 0. The van der Waals surface area contributed by atoms with E-state index in [2.05, 4.69) is 14.9 Å². The van der Waals surface area contributed by atoms with Crippen LogP contribution in [0.2, 0.25) is 6.82 Å². The highest BCUT2D eigenvalue weighted by Gasteiger charge is 2.43. The number of anilines is 2. The molecule has 3 N–H and O–H groups in total. The molecule has 2 atom stereocenters.